The van der Waals surface area contributed by atoms with Crippen LogP contribution in [0.5, 0.6) is 0 Å². The van der Waals surface area contributed by atoms with E-state index >= 15 is 0 Å². The second-order valence-corrected chi connectivity index (χ2v) is 6.63. The lowest BCUT2D eigenvalue weighted by atomic mass is 10.1. The number of anilines is 1. The van der Waals surface area contributed by atoms with E-state index in [4.69, 9.17) is 4.99 Å². The number of nitro benzene ring substituents is 1. The number of nitrogens with zero attached hydrogens (tertiary/aromatic N) is 3. The fraction of sp³-hybridized carbons (Fsp3) is 0.136. The first kappa shape index (κ1) is 17.0. The van der Waals surface area contributed by atoms with Crippen molar-refractivity contribution in [3.8, 4) is 0 Å². The molecule has 134 valence electrons. The molecule has 0 N–H and O–H groups in total. The molecule has 0 aliphatic carbocycles. The van der Waals surface area contributed by atoms with Crippen LogP contribution >= 0.6 is 0 Å². The van der Waals surface area contributed by atoms with E-state index in [0.717, 1.165) is 22.5 Å². The van der Waals surface area contributed by atoms with Gasteiger partial charge in [-0.1, -0.05) is 48.0 Å². The summed E-state index contributed by atoms with van der Waals surface area (Å²) < 4.78 is 0. The molecule has 0 bridgehead atoms. The van der Waals surface area contributed by atoms with Crippen molar-refractivity contribution in [2.45, 2.75) is 13.1 Å². The molecule has 5 heteroatoms. The number of aryl methyl sites for hydroxylation is 1. The predicted octanol–water partition coefficient (Wildman–Crippen LogP) is 4.91. The summed E-state index contributed by atoms with van der Waals surface area (Å²) in [5, 5.41) is 11.0. The molecule has 27 heavy (non-hydrogen) atoms. The molecule has 0 aromatic heterocycles. The molecule has 1 aliphatic rings. The molecule has 5 nitrogen and oxygen atoms in total. The number of hydrogen-bond acceptors (Lipinski definition) is 4. The van der Waals surface area contributed by atoms with Crippen LogP contribution in [0, 0.1) is 17.0 Å². The maximum absolute atomic E-state index is 11.0. The van der Waals surface area contributed by atoms with Gasteiger partial charge in [-0.3, -0.25) is 15.1 Å². The Balaban J connectivity index is 1.73. The fourth-order valence-corrected chi connectivity index (χ4v) is 3.29. The summed E-state index contributed by atoms with van der Waals surface area (Å²) in [6, 6.07) is 25.2. The zero-order chi connectivity index (χ0) is 18.8. The third-order valence-electron chi connectivity index (χ3n) is 4.77. The lowest BCUT2D eigenvalue weighted by molar-refractivity contribution is -0.384. The average Bonchev–Trinajstić information content (AvgIpc) is 3.15. The first-order valence-corrected chi connectivity index (χ1v) is 8.81. The van der Waals surface area contributed by atoms with E-state index in [1.807, 2.05) is 18.2 Å². The third-order valence-corrected chi connectivity index (χ3v) is 4.77. The minimum atomic E-state index is -0.380. The van der Waals surface area contributed by atoms with Gasteiger partial charge < -0.3 is 4.90 Å². The van der Waals surface area contributed by atoms with Crippen molar-refractivity contribution >= 4 is 17.1 Å². The Morgan fingerprint density at radius 3 is 2.26 bits per heavy atom. The van der Waals surface area contributed by atoms with Crippen molar-refractivity contribution in [1.29, 1.82) is 0 Å². The van der Waals surface area contributed by atoms with E-state index in [-0.39, 0.29) is 16.8 Å². The molecule has 0 saturated heterocycles. The Kier molecular flexibility index (Phi) is 4.42. The SMILES string of the molecule is Cc1ccc(N2CC(c3ccccc3)=NC2c2ccc([N+](=O)[O-])cc2)cc1. The van der Waals surface area contributed by atoms with Crippen LogP contribution < -0.4 is 4.90 Å². The fourth-order valence-electron chi connectivity index (χ4n) is 3.29. The molecule has 3 aromatic rings. The maximum Gasteiger partial charge on any atom is 0.269 e. The Morgan fingerprint density at radius 1 is 0.963 bits per heavy atom. The number of non-ortho nitro benzene ring substituents is 1. The van der Waals surface area contributed by atoms with Crippen molar-refractivity contribution in [2.75, 3.05) is 11.4 Å². The monoisotopic (exact) mass is 357 g/mol. The van der Waals surface area contributed by atoms with Gasteiger partial charge in [0.1, 0.15) is 6.17 Å². The van der Waals surface area contributed by atoms with Crippen molar-refractivity contribution in [3.05, 3.63) is 106 Å². The van der Waals surface area contributed by atoms with Crippen LogP contribution in [-0.2, 0) is 0 Å². The van der Waals surface area contributed by atoms with Crippen molar-refractivity contribution in [3.63, 3.8) is 0 Å². The van der Waals surface area contributed by atoms with E-state index in [9.17, 15) is 10.1 Å². The summed E-state index contributed by atoms with van der Waals surface area (Å²) in [7, 11) is 0. The second-order valence-electron chi connectivity index (χ2n) is 6.63. The second kappa shape index (κ2) is 7.03. The molecule has 1 unspecified atom stereocenters. The summed E-state index contributed by atoms with van der Waals surface area (Å²) in [6.45, 7) is 2.75. The van der Waals surface area contributed by atoms with E-state index in [1.54, 1.807) is 24.3 Å². The molecule has 0 saturated carbocycles. The number of hydrogen-bond donors (Lipinski definition) is 0. The maximum atomic E-state index is 11.0. The Morgan fingerprint density at radius 2 is 1.63 bits per heavy atom. The van der Waals surface area contributed by atoms with Gasteiger partial charge in [-0.2, -0.15) is 0 Å². The molecule has 4 rings (SSSR count). The minimum Gasteiger partial charge on any atom is -0.340 e. The first-order valence-electron chi connectivity index (χ1n) is 8.81. The average molecular weight is 357 g/mol. The predicted molar refractivity (Wildman–Crippen MR) is 107 cm³/mol. The van der Waals surface area contributed by atoms with Crippen LogP contribution in [0.15, 0.2) is 83.9 Å². The smallest absolute Gasteiger partial charge is 0.269 e. The van der Waals surface area contributed by atoms with Gasteiger partial charge in [-0.15, -0.1) is 0 Å². The van der Waals surface area contributed by atoms with Crippen molar-refractivity contribution < 1.29 is 4.92 Å². The van der Waals surface area contributed by atoms with Crippen LogP contribution in [0.4, 0.5) is 11.4 Å². The third kappa shape index (κ3) is 3.44. The minimum absolute atomic E-state index is 0.0888. The van der Waals surface area contributed by atoms with Crippen molar-refractivity contribution in [1.82, 2.24) is 0 Å². The highest BCUT2D eigenvalue weighted by Gasteiger charge is 2.29. The summed E-state index contributed by atoms with van der Waals surface area (Å²) in [5.41, 5.74) is 5.42. The summed E-state index contributed by atoms with van der Waals surface area (Å²) in [6.07, 6.45) is -0.205. The van der Waals surface area contributed by atoms with E-state index in [1.165, 1.54) is 5.56 Å². The summed E-state index contributed by atoms with van der Waals surface area (Å²) in [5.74, 6) is 0. The van der Waals surface area contributed by atoms with Crippen LogP contribution in [0.1, 0.15) is 22.9 Å². The van der Waals surface area contributed by atoms with Crippen LogP contribution in [-0.4, -0.2) is 17.2 Å². The lowest BCUT2D eigenvalue weighted by Gasteiger charge is -2.25. The molecule has 0 fully saturated rings. The molecule has 1 aliphatic heterocycles. The topological polar surface area (TPSA) is 58.7 Å². The standard InChI is InChI=1S/C22H19N3O2/c1-16-7-11-19(12-8-16)24-15-21(17-5-3-2-4-6-17)23-22(24)18-9-13-20(14-10-18)25(26)27/h2-14,22H,15H2,1H3. The number of benzene rings is 3. The van der Waals surface area contributed by atoms with Crippen LogP contribution in [0.2, 0.25) is 0 Å². The van der Waals surface area contributed by atoms with Gasteiger partial charge in [-0.05, 0) is 42.3 Å². The van der Waals surface area contributed by atoms with Gasteiger partial charge >= 0.3 is 0 Å². The van der Waals surface area contributed by atoms with Gasteiger partial charge in [0.25, 0.3) is 5.69 Å². The van der Waals surface area contributed by atoms with E-state index in [2.05, 4.69) is 48.2 Å². The molecule has 0 amide bonds. The Labute approximate surface area is 157 Å². The largest absolute Gasteiger partial charge is 0.340 e. The highest BCUT2D eigenvalue weighted by atomic mass is 16.6. The summed E-state index contributed by atoms with van der Waals surface area (Å²) in [4.78, 5) is 17.8. The zero-order valence-electron chi connectivity index (χ0n) is 14.9. The van der Waals surface area contributed by atoms with Crippen molar-refractivity contribution in [2.24, 2.45) is 4.99 Å². The Hall–Kier alpha value is -3.47. The highest BCUT2D eigenvalue weighted by molar-refractivity contribution is 6.05. The summed E-state index contributed by atoms with van der Waals surface area (Å²) >= 11 is 0. The van der Waals surface area contributed by atoms with E-state index in [0.29, 0.717) is 6.54 Å². The Bertz CT molecular complexity index is 980. The normalized spacial score (nSPS) is 16.3. The van der Waals surface area contributed by atoms with Gasteiger partial charge in [0.2, 0.25) is 0 Å². The number of rotatable bonds is 4. The molecule has 0 spiro atoms. The van der Waals surface area contributed by atoms with Crippen LogP contribution in [0.25, 0.3) is 0 Å². The molecule has 3 aromatic carbocycles. The first-order chi connectivity index (χ1) is 13.1. The number of nitro groups is 1. The molecule has 0 radical (unpaired) electrons. The number of aliphatic imine (C=N–C) groups is 1. The van der Waals surface area contributed by atoms with Crippen LogP contribution in [0.3, 0.4) is 0 Å². The molecular formula is C22H19N3O2. The quantitative estimate of drug-likeness (QED) is 0.492. The van der Waals surface area contributed by atoms with Gasteiger partial charge in [-0.25, -0.2) is 0 Å². The highest BCUT2D eigenvalue weighted by Crippen LogP contribution is 2.34. The van der Waals surface area contributed by atoms with Gasteiger partial charge in [0, 0.05) is 17.8 Å². The van der Waals surface area contributed by atoms with Gasteiger partial charge in [0.05, 0.1) is 17.2 Å². The van der Waals surface area contributed by atoms with Gasteiger partial charge in [0.15, 0.2) is 0 Å². The molecule has 1 atom stereocenters. The lowest BCUT2D eigenvalue weighted by Crippen LogP contribution is -2.26. The molecular weight excluding hydrogens is 338 g/mol. The molecule has 1 heterocycles. The zero-order valence-corrected chi connectivity index (χ0v) is 14.9. The van der Waals surface area contributed by atoms with E-state index < -0.39 is 0 Å².